The Kier molecular flexibility index (Phi) is 11.4. The highest BCUT2D eigenvalue weighted by Gasteiger charge is 2.36. The molecule has 3 saturated heterocycles. The number of hydrogen-bond donors (Lipinski definition) is 1. The summed E-state index contributed by atoms with van der Waals surface area (Å²) in [4.78, 5) is 7.69. The van der Waals surface area contributed by atoms with Crippen molar-refractivity contribution >= 4 is 17.3 Å². The Morgan fingerprint density at radius 2 is 1.70 bits per heavy atom. The number of methoxy groups -OCH3 is 1. The van der Waals surface area contributed by atoms with E-state index in [9.17, 15) is 5.11 Å². The van der Waals surface area contributed by atoms with E-state index in [2.05, 4.69) is 52.8 Å². The van der Waals surface area contributed by atoms with Crippen LogP contribution in [0, 0.1) is 13.8 Å². The second kappa shape index (κ2) is 14.8. The minimum atomic E-state index is -0.109. The minimum Gasteiger partial charge on any atom is -0.495 e. The fourth-order valence-corrected chi connectivity index (χ4v) is 6.81. The predicted octanol–water partition coefficient (Wildman–Crippen LogP) is 6.63. The second-order valence-corrected chi connectivity index (χ2v) is 11.7. The van der Waals surface area contributed by atoms with Crippen molar-refractivity contribution in [3.8, 4) is 11.5 Å². The van der Waals surface area contributed by atoms with E-state index in [1.54, 1.807) is 7.11 Å². The summed E-state index contributed by atoms with van der Waals surface area (Å²) in [6, 6.07) is 11.7. The van der Waals surface area contributed by atoms with Gasteiger partial charge in [-0.3, -0.25) is 4.90 Å². The van der Waals surface area contributed by atoms with E-state index in [1.807, 2.05) is 19.9 Å². The van der Waals surface area contributed by atoms with Gasteiger partial charge in [-0.15, -0.1) is 0 Å². The van der Waals surface area contributed by atoms with Gasteiger partial charge in [0.2, 0.25) is 0 Å². The van der Waals surface area contributed by atoms with Crippen molar-refractivity contribution in [2.24, 2.45) is 0 Å². The molecule has 2 atom stereocenters. The third kappa shape index (κ3) is 7.25. The van der Waals surface area contributed by atoms with E-state index in [1.165, 1.54) is 41.6 Å². The molecule has 0 aliphatic carbocycles. The average Bonchev–Trinajstić information content (AvgIpc) is 2.99. The largest absolute Gasteiger partial charge is 0.495 e. The number of aliphatic hydroxyl groups excluding tert-OH is 1. The molecule has 3 heterocycles. The molecule has 3 fully saturated rings. The number of likely N-dealkylation sites (tertiary alicyclic amines) is 1. The van der Waals surface area contributed by atoms with Crippen LogP contribution in [-0.2, 0) is 0 Å². The highest BCUT2D eigenvalue weighted by atomic mass is 35.5. The number of aliphatic hydroxyl groups is 1. The molecule has 7 heteroatoms. The van der Waals surface area contributed by atoms with Crippen LogP contribution in [0.15, 0.2) is 30.3 Å². The van der Waals surface area contributed by atoms with Crippen LogP contribution in [0.1, 0.15) is 75.1 Å². The number of benzene rings is 2. The molecule has 0 bridgehead atoms. The first-order valence-corrected chi connectivity index (χ1v) is 15.8. The van der Waals surface area contributed by atoms with Crippen molar-refractivity contribution in [1.29, 1.82) is 0 Å². The van der Waals surface area contributed by atoms with E-state index in [4.69, 9.17) is 21.1 Å². The molecule has 40 heavy (non-hydrogen) atoms. The third-order valence-corrected chi connectivity index (χ3v) is 9.33. The molecule has 2 aromatic carbocycles. The molecular weight excluding hydrogens is 522 g/mol. The van der Waals surface area contributed by atoms with Crippen LogP contribution in [0.3, 0.4) is 0 Å². The highest BCUT2D eigenvalue weighted by Crippen LogP contribution is 2.40. The second-order valence-electron chi connectivity index (χ2n) is 11.3. The van der Waals surface area contributed by atoms with E-state index in [0.717, 1.165) is 76.6 Å². The van der Waals surface area contributed by atoms with E-state index in [0.29, 0.717) is 17.1 Å². The molecule has 0 radical (unpaired) electrons. The third-order valence-electron chi connectivity index (χ3n) is 9.02. The smallest absolute Gasteiger partial charge is 0.139 e. The van der Waals surface area contributed by atoms with Crippen molar-refractivity contribution < 1.29 is 14.6 Å². The number of fused-ring (bicyclic) bond motifs is 1. The Morgan fingerprint density at radius 1 is 0.925 bits per heavy atom. The van der Waals surface area contributed by atoms with E-state index < -0.39 is 0 Å². The van der Waals surface area contributed by atoms with Crippen molar-refractivity contribution in [3.63, 3.8) is 0 Å². The fourth-order valence-electron chi connectivity index (χ4n) is 6.61. The Hall–Kier alpha value is -1.99. The lowest BCUT2D eigenvalue weighted by Gasteiger charge is -2.49. The first kappa shape index (κ1) is 31.0. The minimum absolute atomic E-state index is 0.109. The number of piperidine rings is 2. The van der Waals surface area contributed by atoms with Gasteiger partial charge in [0.25, 0.3) is 0 Å². The maximum absolute atomic E-state index is 9.70. The number of hydrogen-bond acceptors (Lipinski definition) is 6. The Labute approximate surface area is 247 Å². The normalized spacial score (nSPS) is 22.3. The topological polar surface area (TPSA) is 48.4 Å². The van der Waals surface area contributed by atoms with Gasteiger partial charge in [0.05, 0.1) is 24.8 Å². The number of nitrogens with zero attached hydrogens (tertiary/aromatic N) is 3. The number of ether oxygens (including phenoxy) is 2. The van der Waals surface area contributed by atoms with Crippen LogP contribution in [0.2, 0.25) is 5.02 Å². The molecule has 3 aliphatic rings. The van der Waals surface area contributed by atoms with Gasteiger partial charge in [-0.05, 0) is 87.3 Å². The number of piperazine rings is 1. The van der Waals surface area contributed by atoms with Gasteiger partial charge >= 0.3 is 0 Å². The SMILES string of the molecule is CC.COc1cc(N2CCN3C(CCCC3c3ccc(OCCCN4CCC(O)CC4)c(C)c3C)C2)ccc1Cl. The monoisotopic (exact) mass is 571 g/mol. The standard InChI is InChI=1S/C31H44ClN3O3.C2H6/c1-22-23(2)30(38-19-5-14-33-15-12-26(36)13-16-33)11-9-27(22)29-7-4-6-25-21-34(17-18-35(25)29)24-8-10-28(32)31(20-24)37-3;1-2/h8-11,20,25-26,29,36H,4-7,12-19,21H2,1-3H3;1-2H3. The number of anilines is 1. The van der Waals surface area contributed by atoms with Gasteiger partial charge in [-0.25, -0.2) is 0 Å². The molecule has 0 amide bonds. The lowest BCUT2D eigenvalue weighted by molar-refractivity contribution is 0.0712. The zero-order valence-electron chi connectivity index (χ0n) is 25.3. The van der Waals surface area contributed by atoms with Crippen molar-refractivity contribution in [1.82, 2.24) is 9.80 Å². The predicted molar refractivity (Wildman–Crippen MR) is 166 cm³/mol. The van der Waals surface area contributed by atoms with Crippen molar-refractivity contribution in [2.75, 3.05) is 57.9 Å². The lowest BCUT2D eigenvalue weighted by Crippen LogP contribution is -2.56. The van der Waals surface area contributed by atoms with Gasteiger partial charge in [-0.1, -0.05) is 31.5 Å². The molecular formula is C33H50ClN3O3. The average molecular weight is 572 g/mol. The lowest BCUT2D eigenvalue weighted by atomic mass is 9.86. The summed E-state index contributed by atoms with van der Waals surface area (Å²) < 4.78 is 11.7. The summed E-state index contributed by atoms with van der Waals surface area (Å²) >= 11 is 6.27. The summed E-state index contributed by atoms with van der Waals surface area (Å²) in [5, 5.41) is 10.4. The Balaban J connectivity index is 0.00000181. The maximum Gasteiger partial charge on any atom is 0.139 e. The zero-order valence-corrected chi connectivity index (χ0v) is 26.1. The molecule has 0 aromatic heterocycles. The van der Waals surface area contributed by atoms with E-state index >= 15 is 0 Å². The zero-order chi connectivity index (χ0) is 28.6. The van der Waals surface area contributed by atoms with Crippen LogP contribution >= 0.6 is 11.6 Å². The molecule has 2 unspecified atom stereocenters. The molecule has 1 N–H and O–H groups in total. The number of rotatable bonds is 8. The molecule has 3 aliphatic heterocycles. The molecule has 5 rings (SSSR count). The van der Waals surface area contributed by atoms with Crippen LogP contribution in [0.25, 0.3) is 0 Å². The van der Waals surface area contributed by atoms with Gasteiger partial charge in [0.15, 0.2) is 0 Å². The van der Waals surface area contributed by atoms with E-state index in [-0.39, 0.29) is 6.10 Å². The highest BCUT2D eigenvalue weighted by molar-refractivity contribution is 6.32. The molecule has 6 nitrogen and oxygen atoms in total. The van der Waals surface area contributed by atoms with Crippen molar-refractivity contribution in [2.45, 2.75) is 84.4 Å². The molecule has 2 aromatic rings. The quantitative estimate of drug-likeness (QED) is 0.359. The summed E-state index contributed by atoms with van der Waals surface area (Å²) in [7, 11) is 1.68. The number of halogens is 1. The summed E-state index contributed by atoms with van der Waals surface area (Å²) in [6.07, 6.45) is 6.42. The van der Waals surface area contributed by atoms with Crippen LogP contribution in [-0.4, -0.2) is 80.0 Å². The van der Waals surface area contributed by atoms with Crippen LogP contribution in [0.5, 0.6) is 11.5 Å². The van der Waals surface area contributed by atoms with Gasteiger partial charge in [0.1, 0.15) is 11.5 Å². The van der Waals surface area contributed by atoms with Gasteiger partial charge in [0, 0.05) is 63.1 Å². The summed E-state index contributed by atoms with van der Waals surface area (Å²) in [5.74, 6) is 1.77. The first-order valence-electron chi connectivity index (χ1n) is 15.4. The molecule has 0 saturated carbocycles. The fraction of sp³-hybridized carbons (Fsp3) is 0.636. The van der Waals surface area contributed by atoms with Crippen molar-refractivity contribution in [3.05, 3.63) is 52.0 Å². The maximum atomic E-state index is 9.70. The molecule has 222 valence electrons. The van der Waals surface area contributed by atoms with Crippen LogP contribution in [0.4, 0.5) is 5.69 Å². The Morgan fingerprint density at radius 3 is 2.45 bits per heavy atom. The Bertz CT molecular complexity index is 1090. The van der Waals surface area contributed by atoms with Gasteiger partial charge < -0.3 is 24.4 Å². The summed E-state index contributed by atoms with van der Waals surface area (Å²) in [5.41, 5.74) is 5.31. The van der Waals surface area contributed by atoms with Crippen LogP contribution < -0.4 is 14.4 Å². The molecule has 0 spiro atoms. The summed E-state index contributed by atoms with van der Waals surface area (Å²) in [6.45, 7) is 15.4. The van der Waals surface area contributed by atoms with Gasteiger partial charge in [-0.2, -0.15) is 0 Å². The first-order chi connectivity index (χ1) is 19.4.